The summed E-state index contributed by atoms with van der Waals surface area (Å²) >= 11 is 0. The van der Waals surface area contributed by atoms with E-state index in [-0.39, 0.29) is 0 Å². The molecule has 2 aromatic heterocycles. The van der Waals surface area contributed by atoms with Crippen LogP contribution in [-0.4, -0.2) is 21.1 Å². The maximum absolute atomic E-state index is 4.60. The molecule has 1 aromatic carbocycles. The monoisotopic (exact) mass is 294 g/mol. The number of unbranched alkanes of at least 4 members (excludes halogenated alkanes) is 1. The lowest BCUT2D eigenvalue weighted by Gasteiger charge is -2.11. The fraction of sp³-hybridized carbons (Fsp3) is 0.333. The number of benzene rings is 1. The predicted molar refractivity (Wildman–Crippen MR) is 91.2 cm³/mol. The molecular formula is C18H22N4. The van der Waals surface area contributed by atoms with E-state index in [0.29, 0.717) is 0 Å². The SMILES string of the molecule is CCCCNc1nc(C)nc2ccn(Cc3ccccc3)c12. The van der Waals surface area contributed by atoms with E-state index in [1.165, 1.54) is 12.0 Å². The zero-order valence-corrected chi connectivity index (χ0v) is 13.2. The first-order valence-electron chi connectivity index (χ1n) is 7.89. The Hall–Kier alpha value is -2.36. The Balaban J connectivity index is 1.96. The predicted octanol–water partition coefficient (Wildman–Crippen LogP) is 4.00. The third-order valence-corrected chi connectivity index (χ3v) is 3.74. The highest BCUT2D eigenvalue weighted by molar-refractivity contribution is 5.86. The van der Waals surface area contributed by atoms with Crippen LogP contribution in [0, 0.1) is 6.92 Å². The Morgan fingerprint density at radius 2 is 1.91 bits per heavy atom. The average Bonchev–Trinajstić information content (AvgIpc) is 2.91. The van der Waals surface area contributed by atoms with Crippen LogP contribution in [0.1, 0.15) is 31.2 Å². The van der Waals surface area contributed by atoms with Gasteiger partial charge in [0.05, 0.1) is 5.52 Å². The molecule has 4 nitrogen and oxygen atoms in total. The molecule has 0 atom stereocenters. The summed E-state index contributed by atoms with van der Waals surface area (Å²) in [6.45, 7) is 5.91. The van der Waals surface area contributed by atoms with Crippen LogP contribution in [0.25, 0.3) is 11.0 Å². The van der Waals surface area contributed by atoms with Crippen molar-refractivity contribution in [2.75, 3.05) is 11.9 Å². The van der Waals surface area contributed by atoms with Gasteiger partial charge in [-0.1, -0.05) is 43.7 Å². The molecule has 0 radical (unpaired) electrons. The van der Waals surface area contributed by atoms with Gasteiger partial charge in [-0.25, -0.2) is 9.97 Å². The second kappa shape index (κ2) is 6.60. The number of hydrogen-bond acceptors (Lipinski definition) is 3. The summed E-state index contributed by atoms with van der Waals surface area (Å²) in [4.78, 5) is 9.16. The van der Waals surface area contributed by atoms with Crippen LogP contribution in [0.2, 0.25) is 0 Å². The molecule has 3 aromatic rings. The zero-order valence-electron chi connectivity index (χ0n) is 13.2. The van der Waals surface area contributed by atoms with E-state index in [0.717, 1.165) is 42.2 Å². The molecule has 3 rings (SSSR count). The number of fused-ring (bicyclic) bond motifs is 1. The van der Waals surface area contributed by atoms with Gasteiger partial charge in [-0.15, -0.1) is 0 Å². The van der Waals surface area contributed by atoms with Gasteiger partial charge >= 0.3 is 0 Å². The molecule has 114 valence electrons. The van der Waals surface area contributed by atoms with Crippen LogP contribution in [-0.2, 0) is 6.54 Å². The molecule has 0 unspecified atom stereocenters. The summed E-state index contributed by atoms with van der Waals surface area (Å²) in [7, 11) is 0. The second-order valence-electron chi connectivity index (χ2n) is 5.56. The lowest BCUT2D eigenvalue weighted by Crippen LogP contribution is -2.08. The number of aryl methyl sites for hydroxylation is 1. The largest absolute Gasteiger partial charge is 0.368 e. The van der Waals surface area contributed by atoms with Crippen molar-refractivity contribution in [2.24, 2.45) is 0 Å². The number of anilines is 1. The van der Waals surface area contributed by atoms with Crippen LogP contribution in [0.3, 0.4) is 0 Å². The number of nitrogens with zero attached hydrogens (tertiary/aromatic N) is 3. The van der Waals surface area contributed by atoms with E-state index in [9.17, 15) is 0 Å². The van der Waals surface area contributed by atoms with E-state index in [1.807, 2.05) is 13.0 Å². The summed E-state index contributed by atoms with van der Waals surface area (Å²) in [5, 5.41) is 3.47. The second-order valence-corrected chi connectivity index (χ2v) is 5.56. The van der Waals surface area contributed by atoms with E-state index < -0.39 is 0 Å². The third kappa shape index (κ3) is 3.11. The Morgan fingerprint density at radius 3 is 2.68 bits per heavy atom. The molecule has 22 heavy (non-hydrogen) atoms. The minimum absolute atomic E-state index is 0.809. The number of hydrogen-bond donors (Lipinski definition) is 1. The highest BCUT2D eigenvalue weighted by Crippen LogP contribution is 2.23. The lowest BCUT2D eigenvalue weighted by molar-refractivity contribution is 0.818. The van der Waals surface area contributed by atoms with Crippen LogP contribution in [0.5, 0.6) is 0 Å². The molecule has 0 spiro atoms. The fourth-order valence-corrected chi connectivity index (χ4v) is 2.64. The van der Waals surface area contributed by atoms with Crippen molar-refractivity contribution in [3.63, 3.8) is 0 Å². The maximum Gasteiger partial charge on any atom is 0.154 e. The number of rotatable bonds is 6. The molecule has 0 fully saturated rings. The maximum atomic E-state index is 4.60. The van der Waals surface area contributed by atoms with Crippen LogP contribution in [0.15, 0.2) is 42.6 Å². The molecule has 0 amide bonds. The summed E-state index contributed by atoms with van der Waals surface area (Å²) in [6, 6.07) is 12.5. The molecule has 0 aliphatic heterocycles. The molecular weight excluding hydrogens is 272 g/mol. The van der Waals surface area contributed by atoms with Gasteiger partial charge in [0, 0.05) is 19.3 Å². The Morgan fingerprint density at radius 1 is 1.09 bits per heavy atom. The van der Waals surface area contributed by atoms with Gasteiger partial charge in [-0.3, -0.25) is 0 Å². The first kappa shape index (κ1) is 14.6. The van der Waals surface area contributed by atoms with Gasteiger partial charge in [0.1, 0.15) is 11.3 Å². The van der Waals surface area contributed by atoms with E-state index >= 15 is 0 Å². The molecule has 4 heteroatoms. The lowest BCUT2D eigenvalue weighted by atomic mass is 10.2. The average molecular weight is 294 g/mol. The molecule has 1 N–H and O–H groups in total. The van der Waals surface area contributed by atoms with Gasteiger partial charge in [0.25, 0.3) is 0 Å². The normalized spacial score (nSPS) is 11.0. The topological polar surface area (TPSA) is 42.7 Å². The molecule has 2 heterocycles. The van der Waals surface area contributed by atoms with Gasteiger partial charge in [-0.05, 0) is 25.0 Å². The molecule has 0 saturated heterocycles. The Labute approximate surface area is 131 Å². The Kier molecular flexibility index (Phi) is 4.37. The van der Waals surface area contributed by atoms with Crippen molar-refractivity contribution in [3.05, 3.63) is 54.0 Å². The van der Waals surface area contributed by atoms with Crippen molar-refractivity contribution >= 4 is 16.9 Å². The first-order chi connectivity index (χ1) is 10.8. The van der Waals surface area contributed by atoms with Gasteiger partial charge in [-0.2, -0.15) is 0 Å². The van der Waals surface area contributed by atoms with Crippen molar-refractivity contribution in [3.8, 4) is 0 Å². The highest BCUT2D eigenvalue weighted by atomic mass is 15.1. The molecule has 0 saturated carbocycles. The highest BCUT2D eigenvalue weighted by Gasteiger charge is 2.11. The Bertz CT molecular complexity index is 746. The fourth-order valence-electron chi connectivity index (χ4n) is 2.64. The minimum Gasteiger partial charge on any atom is -0.368 e. The van der Waals surface area contributed by atoms with Crippen LogP contribution in [0.4, 0.5) is 5.82 Å². The summed E-state index contributed by atoms with van der Waals surface area (Å²) in [5.41, 5.74) is 3.37. The summed E-state index contributed by atoms with van der Waals surface area (Å²) in [6.07, 6.45) is 4.41. The standard InChI is InChI=1S/C18H22N4/c1-3-4-11-19-18-17-16(20-14(2)21-18)10-12-22(17)13-15-8-6-5-7-9-15/h5-10,12H,3-4,11,13H2,1-2H3,(H,19,20,21). The van der Waals surface area contributed by atoms with Gasteiger partial charge in [0.15, 0.2) is 5.82 Å². The van der Waals surface area contributed by atoms with Crippen molar-refractivity contribution < 1.29 is 0 Å². The van der Waals surface area contributed by atoms with E-state index in [1.54, 1.807) is 0 Å². The third-order valence-electron chi connectivity index (χ3n) is 3.74. The van der Waals surface area contributed by atoms with Crippen LogP contribution >= 0.6 is 0 Å². The molecule has 0 aliphatic rings. The summed E-state index contributed by atoms with van der Waals surface area (Å²) in [5.74, 6) is 1.75. The molecule has 0 aliphatic carbocycles. The van der Waals surface area contributed by atoms with Crippen molar-refractivity contribution in [1.29, 1.82) is 0 Å². The smallest absolute Gasteiger partial charge is 0.154 e. The minimum atomic E-state index is 0.809. The quantitative estimate of drug-likeness (QED) is 0.699. The zero-order chi connectivity index (χ0) is 15.4. The molecule has 0 bridgehead atoms. The summed E-state index contributed by atoms with van der Waals surface area (Å²) < 4.78 is 2.22. The van der Waals surface area contributed by atoms with Gasteiger partial charge in [0.2, 0.25) is 0 Å². The van der Waals surface area contributed by atoms with E-state index in [4.69, 9.17) is 0 Å². The van der Waals surface area contributed by atoms with Gasteiger partial charge < -0.3 is 9.88 Å². The first-order valence-corrected chi connectivity index (χ1v) is 7.89. The van der Waals surface area contributed by atoms with Crippen LogP contribution < -0.4 is 5.32 Å². The van der Waals surface area contributed by atoms with Crippen molar-refractivity contribution in [2.45, 2.75) is 33.2 Å². The van der Waals surface area contributed by atoms with Crippen molar-refractivity contribution in [1.82, 2.24) is 14.5 Å². The van der Waals surface area contributed by atoms with E-state index in [2.05, 4.69) is 63.3 Å². The number of aromatic nitrogens is 3. The number of nitrogens with one attached hydrogen (secondary N) is 1.